The molecule has 0 bridgehead atoms. The first-order chi connectivity index (χ1) is 8.14. The van der Waals surface area contributed by atoms with Gasteiger partial charge < -0.3 is 10.4 Å². The fourth-order valence-electron chi connectivity index (χ4n) is 2.28. The molecule has 1 amide bonds. The predicted molar refractivity (Wildman–Crippen MR) is 70.1 cm³/mol. The van der Waals surface area contributed by atoms with Crippen LogP contribution in [0, 0.1) is 17.3 Å². The molecule has 0 aliphatic heterocycles. The van der Waals surface area contributed by atoms with Crippen molar-refractivity contribution in [1.82, 2.24) is 5.32 Å². The molecule has 0 spiro atoms. The smallest absolute Gasteiger partial charge is 0.305 e. The summed E-state index contributed by atoms with van der Waals surface area (Å²) >= 11 is 0. The van der Waals surface area contributed by atoms with E-state index in [1.165, 1.54) is 0 Å². The largest absolute Gasteiger partial charge is 0.481 e. The predicted octanol–water partition coefficient (Wildman–Crippen LogP) is 2.43. The van der Waals surface area contributed by atoms with Crippen molar-refractivity contribution in [3.63, 3.8) is 0 Å². The number of hydrogen-bond acceptors (Lipinski definition) is 2. The average Bonchev–Trinajstić information content (AvgIpc) is 2.90. The first-order valence-electron chi connectivity index (χ1n) is 6.68. The molecule has 3 unspecified atom stereocenters. The molecular weight excluding hydrogens is 230 g/mol. The van der Waals surface area contributed by atoms with Gasteiger partial charge in [-0.15, -0.1) is 0 Å². The van der Waals surface area contributed by atoms with Gasteiger partial charge in [0.15, 0.2) is 0 Å². The first-order valence-corrected chi connectivity index (χ1v) is 6.68. The maximum Gasteiger partial charge on any atom is 0.305 e. The Labute approximate surface area is 109 Å². The third kappa shape index (κ3) is 3.03. The lowest BCUT2D eigenvalue weighted by atomic mass is 9.85. The van der Waals surface area contributed by atoms with Crippen molar-refractivity contribution in [2.75, 3.05) is 0 Å². The van der Waals surface area contributed by atoms with Crippen LogP contribution in [0.2, 0.25) is 0 Å². The molecule has 3 atom stereocenters. The van der Waals surface area contributed by atoms with Crippen LogP contribution in [-0.4, -0.2) is 22.5 Å². The van der Waals surface area contributed by atoms with E-state index in [1.54, 1.807) is 0 Å². The fourth-order valence-corrected chi connectivity index (χ4v) is 2.28. The normalized spacial score (nSPS) is 29.8. The summed E-state index contributed by atoms with van der Waals surface area (Å²) in [5, 5.41) is 11.9. The van der Waals surface area contributed by atoms with Gasteiger partial charge in [-0.25, -0.2) is 0 Å². The van der Waals surface area contributed by atoms with Crippen LogP contribution in [0.25, 0.3) is 0 Å². The van der Waals surface area contributed by atoms with Crippen molar-refractivity contribution >= 4 is 11.9 Å². The SMILES string of the molecule is CCC1(C)CC1C(=O)NC(C)(CC(=O)O)C(C)C. The van der Waals surface area contributed by atoms with Crippen LogP contribution < -0.4 is 5.32 Å². The molecular formula is C14H25NO3. The highest BCUT2D eigenvalue weighted by molar-refractivity contribution is 5.84. The van der Waals surface area contributed by atoms with Crippen molar-refractivity contribution in [2.24, 2.45) is 17.3 Å². The lowest BCUT2D eigenvalue weighted by molar-refractivity contribution is -0.139. The van der Waals surface area contributed by atoms with E-state index in [1.807, 2.05) is 20.8 Å². The minimum atomic E-state index is -0.874. The van der Waals surface area contributed by atoms with Gasteiger partial charge in [0, 0.05) is 11.5 Å². The Morgan fingerprint density at radius 1 is 1.50 bits per heavy atom. The molecule has 1 saturated carbocycles. The van der Waals surface area contributed by atoms with Crippen LogP contribution >= 0.6 is 0 Å². The zero-order valence-electron chi connectivity index (χ0n) is 12.0. The van der Waals surface area contributed by atoms with Crippen LogP contribution in [0.15, 0.2) is 0 Å². The van der Waals surface area contributed by atoms with Crippen LogP contribution in [0.5, 0.6) is 0 Å². The van der Waals surface area contributed by atoms with E-state index in [9.17, 15) is 9.59 Å². The number of amides is 1. The minimum absolute atomic E-state index is 0.0109. The molecule has 4 nitrogen and oxygen atoms in total. The molecule has 18 heavy (non-hydrogen) atoms. The van der Waals surface area contributed by atoms with Gasteiger partial charge in [-0.2, -0.15) is 0 Å². The number of carboxylic acid groups (broad SMARTS) is 1. The summed E-state index contributed by atoms with van der Waals surface area (Å²) in [5.41, 5.74) is -0.550. The van der Waals surface area contributed by atoms with Crippen LogP contribution in [0.3, 0.4) is 0 Å². The van der Waals surface area contributed by atoms with Gasteiger partial charge in [-0.05, 0) is 31.1 Å². The number of carbonyl (C=O) groups excluding carboxylic acids is 1. The summed E-state index contributed by atoms with van der Waals surface area (Å²) in [5.74, 6) is -0.726. The van der Waals surface area contributed by atoms with Crippen molar-refractivity contribution in [3.05, 3.63) is 0 Å². The molecule has 4 heteroatoms. The molecule has 0 aromatic carbocycles. The second kappa shape index (κ2) is 4.90. The van der Waals surface area contributed by atoms with Gasteiger partial charge in [-0.1, -0.05) is 27.7 Å². The van der Waals surface area contributed by atoms with Crippen molar-refractivity contribution < 1.29 is 14.7 Å². The molecule has 1 aliphatic carbocycles. The third-order valence-corrected chi connectivity index (χ3v) is 4.68. The van der Waals surface area contributed by atoms with Gasteiger partial charge in [-0.3, -0.25) is 9.59 Å². The molecule has 1 fully saturated rings. The summed E-state index contributed by atoms with van der Waals surface area (Å²) in [6.45, 7) is 9.90. The summed E-state index contributed by atoms with van der Waals surface area (Å²) < 4.78 is 0. The maximum atomic E-state index is 12.2. The van der Waals surface area contributed by atoms with Crippen LogP contribution in [0.1, 0.15) is 53.9 Å². The maximum absolute atomic E-state index is 12.2. The Morgan fingerprint density at radius 3 is 2.39 bits per heavy atom. The summed E-state index contributed by atoms with van der Waals surface area (Å²) in [7, 11) is 0. The van der Waals surface area contributed by atoms with E-state index in [-0.39, 0.29) is 29.6 Å². The molecule has 1 aliphatic rings. The Bertz CT molecular complexity index is 353. The fraction of sp³-hybridized carbons (Fsp3) is 0.857. The number of hydrogen-bond donors (Lipinski definition) is 2. The number of rotatable bonds is 6. The molecule has 2 N–H and O–H groups in total. The quantitative estimate of drug-likeness (QED) is 0.766. The van der Waals surface area contributed by atoms with Crippen LogP contribution in [0.4, 0.5) is 0 Å². The number of aliphatic carboxylic acids is 1. The summed E-state index contributed by atoms with van der Waals surface area (Å²) in [6, 6.07) is 0. The highest BCUT2D eigenvalue weighted by Crippen LogP contribution is 2.54. The number of carbonyl (C=O) groups is 2. The Kier molecular flexibility index (Phi) is 4.08. The Balaban J connectivity index is 2.68. The van der Waals surface area contributed by atoms with E-state index in [2.05, 4.69) is 19.2 Å². The lowest BCUT2D eigenvalue weighted by Crippen LogP contribution is -2.52. The zero-order valence-corrected chi connectivity index (χ0v) is 12.0. The van der Waals surface area contributed by atoms with Gasteiger partial charge >= 0.3 is 5.97 Å². The lowest BCUT2D eigenvalue weighted by Gasteiger charge is -2.33. The van der Waals surface area contributed by atoms with Gasteiger partial charge in [0.2, 0.25) is 5.91 Å². The minimum Gasteiger partial charge on any atom is -0.481 e. The molecule has 0 aromatic heterocycles. The Hall–Kier alpha value is -1.06. The summed E-state index contributed by atoms with van der Waals surface area (Å²) in [6.07, 6.45) is 1.87. The van der Waals surface area contributed by atoms with E-state index < -0.39 is 11.5 Å². The first kappa shape index (κ1) is 15.0. The standard InChI is InChI=1S/C14H25NO3/c1-6-13(4)7-10(13)12(18)15-14(5,9(2)3)8-11(16)17/h9-10H,6-8H2,1-5H3,(H,15,18)(H,16,17). The van der Waals surface area contributed by atoms with E-state index in [4.69, 9.17) is 5.11 Å². The molecule has 0 saturated heterocycles. The third-order valence-electron chi connectivity index (χ3n) is 4.68. The molecule has 1 rings (SSSR count). The molecule has 0 heterocycles. The molecule has 0 radical (unpaired) electrons. The van der Waals surface area contributed by atoms with Crippen molar-refractivity contribution in [2.45, 2.75) is 59.4 Å². The topological polar surface area (TPSA) is 66.4 Å². The van der Waals surface area contributed by atoms with Crippen molar-refractivity contribution in [3.8, 4) is 0 Å². The van der Waals surface area contributed by atoms with Gasteiger partial charge in [0.25, 0.3) is 0 Å². The van der Waals surface area contributed by atoms with E-state index in [0.29, 0.717) is 0 Å². The van der Waals surface area contributed by atoms with E-state index in [0.717, 1.165) is 12.8 Å². The molecule has 0 aromatic rings. The van der Waals surface area contributed by atoms with Crippen LogP contribution in [-0.2, 0) is 9.59 Å². The Morgan fingerprint density at radius 2 is 2.06 bits per heavy atom. The monoisotopic (exact) mass is 255 g/mol. The summed E-state index contributed by atoms with van der Waals surface area (Å²) in [4.78, 5) is 23.1. The average molecular weight is 255 g/mol. The zero-order chi connectivity index (χ0) is 14.1. The number of carboxylic acids is 1. The van der Waals surface area contributed by atoms with Gasteiger partial charge in [0.05, 0.1) is 6.42 Å². The van der Waals surface area contributed by atoms with Crippen molar-refractivity contribution in [1.29, 1.82) is 0 Å². The second-order valence-corrected chi connectivity index (χ2v) is 6.40. The highest BCUT2D eigenvalue weighted by Gasteiger charge is 2.54. The number of nitrogens with one attached hydrogen (secondary N) is 1. The van der Waals surface area contributed by atoms with Gasteiger partial charge in [0.1, 0.15) is 0 Å². The second-order valence-electron chi connectivity index (χ2n) is 6.40. The van der Waals surface area contributed by atoms with E-state index >= 15 is 0 Å². The molecule has 104 valence electrons. The highest BCUT2D eigenvalue weighted by atomic mass is 16.4.